The van der Waals surface area contributed by atoms with Crippen molar-refractivity contribution in [1.82, 2.24) is 0 Å². The predicted octanol–water partition coefficient (Wildman–Crippen LogP) is 3.96. The van der Waals surface area contributed by atoms with Crippen molar-refractivity contribution >= 4 is 35.8 Å². The van der Waals surface area contributed by atoms with Crippen LogP contribution < -0.4 is 0 Å². The van der Waals surface area contributed by atoms with E-state index in [1.165, 1.54) is 39.0 Å². The lowest BCUT2D eigenvalue weighted by Gasteiger charge is -2.60. The monoisotopic (exact) mass is 736 g/mol. The molecule has 0 bridgehead atoms. The third kappa shape index (κ3) is 9.41. The second kappa shape index (κ2) is 17.8. The van der Waals surface area contributed by atoms with Gasteiger partial charge in [-0.15, -0.1) is 0 Å². The summed E-state index contributed by atoms with van der Waals surface area (Å²) in [6.07, 6.45) is 1.56. The highest BCUT2D eigenvalue weighted by molar-refractivity contribution is 5.78. The van der Waals surface area contributed by atoms with Crippen molar-refractivity contribution in [3.63, 3.8) is 0 Å². The zero-order valence-electron chi connectivity index (χ0n) is 31.6. The molecule has 0 spiro atoms. The summed E-state index contributed by atoms with van der Waals surface area (Å²) in [6.45, 7) is 11.2. The van der Waals surface area contributed by atoms with Gasteiger partial charge in [0.1, 0.15) is 36.6 Å². The first-order valence-corrected chi connectivity index (χ1v) is 18.2. The molecule has 1 heterocycles. The van der Waals surface area contributed by atoms with Gasteiger partial charge in [0.2, 0.25) is 0 Å². The summed E-state index contributed by atoms with van der Waals surface area (Å²) in [5.74, 6) is -7.38. The minimum Gasteiger partial charge on any atom is -0.462 e. The maximum atomic E-state index is 13.3. The minimum absolute atomic E-state index is 0.0461. The van der Waals surface area contributed by atoms with Gasteiger partial charge < -0.3 is 38.6 Å². The Kier molecular flexibility index (Phi) is 14.6. The van der Waals surface area contributed by atoms with Gasteiger partial charge in [0.05, 0.1) is 11.3 Å². The summed E-state index contributed by atoms with van der Waals surface area (Å²) < 4.78 is 34.7. The number of unbranched alkanes of at least 4 members (excludes halogenated alkanes) is 4. The Morgan fingerprint density at radius 3 is 2.06 bits per heavy atom. The van der Waals surface area contributed by atoms with Gasteiger partial charge in [-0.1, -0.05) is 52.5 Å². The molecule has 1 saturated heterocycles. The summed E-state index contributed by atoms with van der Waals surface area (Å²) in [7, 11) is 0. The molecule has 0 aromatic rings. The number of carbonyl (C=O) groups excluding carboxylic acids is 6. The highest BCUT2D eigenvalue weighted by atomic mass is 16.6. The van der Waals surface area contributed by atoms with E-state index in [1.54, 1.807) is 6.92 Å². The van der Waals surface area contributed by atoms with Crippen molar-refractivity contribution in [1.29, 1.82) is 0 Å². The SMILES string of the molecule is CCCCCCCC(=O)OC1CC(OC(C)=O)C2(C)C(OC(C)=O)C=CC(COC(=O)CCC)=CC3OC(=O)C(C)C3(O)C(OC(C)=O)C2C1(C)O. The zero-order chi connectivity index (χ0) is 39.0. The summed E-state index contributed by atoms with van der Waals surface area (Å²) in [5, 5.41) is 25.5. The smallest absolute Gasteiger partial charge is 0.312 e. The van der Waals surface area contributed by atoms with Gasteiger partial charge in [-0.2, -0.15) is 0 Å². The van der Waals surface area contributed by atoms with E-state index in [0.29, 0.717) is 12.8 Å². The van der Waals surface area contributed by atoms with E-state index in [-0.39, 0.29) is 31.4 Å². The average molecular weight is 737 g/mol. The normalized spacial score (nSPS) is 34.1. The molecular formula is C38H56O14. The van der Waals surface area contributed by atoms with E-state index < -0.39 is 94.8 Å². The molecule has 292 valence electrons. The Labute approximate surface area is 305 Å². The Morgan fingerprint density at radius 2 is 1.46 bits per heavy atom. The summed E-state index contributed by atoms with van der Waals surface area (Å²) in [4.78, 5) is 77.3. The minimum atomic E-state index is -2.42. The zero-order valence-corrected chi connectivity index (χ0v) is 31.6. The number of hydrogen-bond acceptors (Lipinski definition) is 14. The average Bonchev–Trinajstić information content (AvgIpc) is 3.26. The largest absolute Gasteiger partial charge is 0.462 e. The van der Waals surface area contributed by atoms with Crippen molar-refractivity contribution < 1.29 is 67.4 Å². The molecule has 2 N–H and O–H groups in total. The number of aliphatic hydroxyl groups is 2. The first-order chi connectivity index (χ1) is 24.3. The van der Waals surface area contributed by atoms with E-state index in [2.05, 4.69) is 6.92 Å². The van der Waals surface area contributed by atoms with Crippen molar-refractivity contribution in [3.8, 4) is 0 Å². The Morgan fingerprint density at radius 1 is 0.827 bits per heavy atom. The van der Waals surface area contributed by atoms with Crippen molar-refractivity contribution in [2.24, 2.45) is 17.3 Å². The molecule has 0 aromatic heterocycles. The van der Waals surface area contributed by atoms with Crippen LogP contribution >= 0.6 is 0 Å². The molecule has 0 aromatic carbocycles. The van der Waals surface area contributed by atoms with Crippen LogP contribution in [0.2, 0.25) is 0 Å². The number of ether oxygens (including phenoxy) is 6. The predicted molar refractivity (Wildman–Crippen MR) is 184 cm³/mol. The van der Waals surface area contributed by atoms with Crippen LogP contribution in [0.15, 0.2) is 23.8 Å². The lowest BCUT2D eigenvalue weighted by atomic mass is 9.51. The number of carbonyl (C=O) groups is 6. The summed E-state index contributed by atoms with van der Waals surface area (Å²) in [5.41, 5.74) is -6.14. The third-order valence-electron chi connectivity index (χ3n) is 10.5. The van der Waals surface area contributed by atoms with Gasteiger partial charge >= 0.3 is 35.8 Å². The van der Waals surface area contributed by atoms with Crippen LogP contribution in [0.25, 0.3) is 0 Å². The van der Waals surface area contributed by atoms with E-state index in [1.807, 2.05) is 0 Å². The van der Waals surface area contributed by atoms with Crippen molar-refractivity contribution in [2.75, 3.05) is 6.61 Å². The van der Waals surface area contributed by atoms with Gasteiger partial charge in [0, 0.05) is 46.0 Å². The van der Waals surface area contributed by atoms with Crippen LogP contribution in [-0.2, 0) is 57.2 Å². The molecule has 1 aliphatic heterocycles. The molecule has 10 unspecified atom stereocenters. The fourth-order valence-corrected chi connectivity index (χ4v) is 7.83. The maximum absolute atomic E-state index is 13.3. The van der Waals surface area contributed by atoms with E-state index in [0.717, 1.165) is 46.5 Å². The number of fused-ring (bicyclic) bond motifs is 2. The van der Waals surface area contributed by atoms with Crippen LogP contribution in [0.5, 0.6) is 0 Å². The number of rotatable bonds is 14. The van der Waals surface area contributed by atoms with Gasteiger partial charge in [0.15, 0.2) is 11.7 Å². The first kappa shape index (κ1) is 42.6. The van der Waals surface area contributed by atoms with Gasteiger partial charge in [-0.25, -0.2) is 0 Å². The van der Waals surface area contributed by atoms with E-state index in [9.17, 15) is 39.0 Å². The van der Waals surface area contributed by atoms with E-state index in [4.69, 9.17) is 28.4 Å². The fraction of sp³-hybridized carbons (Fsp3) is 0.737. The molecule has 14 nitrogen and oxygen atoms in total. The van der Waals surface area contributed by atoms with Crippen LogP contribution in [0.4, 0.5) is 0 Å². The third-order valence-corrected chi connectivity index (χ3v) is 10.5. The van der Waals surface area contributed by atoms with Crippen molar-refractivity contribution in [2.45, 2.75) is 155 Å². The lowest BCUT2D eigenvalue weighted by Crippen LogP contribution is -2.74. The Bertz CT molecular complexity index is 1400. The lowest BCUT2D eigenvalue weighted by molar-refractivity contribution is -0.286. The molecular weight excluding hydrogens is 680 g/mol. The summed E-state index contributed by atoms with van der Waals surface area (Å²) in [6, 6.07) is 0. The second-order valence-electron chi connectivity index (χ2n) is 14.6. The van der Waals surface area contributed by atoms with Gasteiger partial charge in [0.25, 0.3) is 0 Å². The van der Waals surface area contributed by atoms with Gasteiger partial charge in [-0.05, 0) is 44.4 Å². The van der Waals surface area contributed by atoms with Crippen LogP contribution in [0.3, 0.4) is 0 Å². The molecule has 0 radical (unpaired) electrons. The summed E-state index contributed by atoms with van der Waals surface area (Å²) >= 11 is 0. The van der Waals surface area contributed by atoms with E-state index >= 15 is 0 Å². The topological polar surface area (TPSA) is 198 Å². The fourth-order valence-electron chi connectivity index (χ4n) is 7.83. The maximum Gasteiger partial charge on any atom is 0.312 e. The highest BCUT2D eigenvalue weighted by Crippen LogP contribution is 2.58. The molecule has 10 atom stereocenters. The first-order valence-electron chi connectivity index (χ1n) is 18.2. The molecule has 3 rings (SSSR count). The molecule has 2 fully saturated rings. The standard InChI is InChI=1S/C38H56O14/c1-9-11-12-13-14-16-32(43)51-29-20-28(49-24(5)40)36(7)27(48-23(4)39)18-17-26(21-47-31(42)15-10-2)19-30-38(46,22(3)35(44)52-30)34(50-25(6)41)33(36)37(29,8)45/h17-19,22,27-30,33-34,45-46H,9-16,20-21H2,1-8H3. The Balaban J connectivity index is 2.33. The van der Waals surface area contributed by atoms with Crippen LogP contribution in [-0.4, -0.2) is 94.4 Å². The molecule has 52 heavy (non-hydrogen) atoms. The highest BCUT2D eigenvalue weighted by Gasteiger charge is 2.72. The molecule has 3 aliphatic rings. The molecule has 0 amide bonds. The Hall–Kier alpha value is -3.78. The van der Waals surface area contributed by atoms with Crippen LogP contribution in [0.1, 0.15) is 113 Å². The molecule has 14 heteroatoms. The molecule has 1 saturated carbocycles. The number of hydrogen-bond donors (Lipinski definition) is 2. The number of esters is 6. The second-order valence-corrected chi connectivity index (χ2v) is 14.6. The quantitative estimate of drug-likeness (QED) is 0.148. The van der Waals surface area contributed by atoms with Crippen LogP contribution in [0, 0.1) is 17.3 Å². The van der Waals surface area contributed by atoms with Gasteiger partial charge in [-0.3, -0.25) is 28.8 Å². The molecule has 2 aliphatic carbocycles. The van der Waals surface area contributed by atoms with Crippen molar-refractivity contribution in [3.05, 3.63) is 23.8 Å².